The number of aryl methyl sites for hydroxylation is 1. The van der Waals surface area contributed by atoms with E-state index in [9.17, 15) is 4.79 Å². The number of ketones is 1. The van der Waals surface area contributed by atoms with Gasteiger partial charge in [-0.05, 0) is 60.9 Å². The third-order valence-electron chi connectivity index (χ3n) is 3.38. The number of nitriles is 1. The lowest BCUT2D eigenvalue weighted by atomic mass is 9.99. The normalized spacial score (nSPS) is 10.1. The smallest absolute Gasteiger partial charge is 0.193 e. The average molecular weight is 342 g/mol. The molecule has 0 saturated carbocycles. The SMILES string of the molecule is CCCCc1cc(C(=O)c2ccc(C#N)cc2)ccc1Br. The number of rotatable bonds is 5. The molecule has 0 spiro atoms. The van der Waals surface area contributed by atoms with E-state index >= 15 is 0 Å². The van der Waals surface area contributed by atoms with Gasteiger partial charge in [-0.2, -0.15) is 5.26 Å². The van der Waals surface area contributed by atoms with Crippen LogP contribution >= 0.6 is 15.9 Å². The summed E-state index contributed by atoms with van der Waals surface area (Å²) < 4.78 is 1.05. The van der Waals surface area contributed by atoms with Crippen molar-refractivity contribution < 1.29 is 4.79 Å². The molecule has 0 aromatic heterocycles. The van der Waals surface area contributed by atoms with Gasteiger partial charge in [0.15, 0.2) is 5.78 Å². The van der Waals surface area contributed by atoms with Crippen LogP contribution in [-0.4, -0.2) is 5.78 Å². The molecule has 0 unspecified atom stereocenters. The van der Waals surface area contributed by atoms with Crippen molar-refractivity contribution in [2.45, 2.75) is 26.2 Å². The number of carbonyl (C=O) groups is 1. The topological polar surface area (TPSA) is 40.9 Å². The number of hydrogen-bond acceptors (Lipinski definition) is 2. The van der Waals surface area contributed by atoms with Crippen LogP contribution in [0.4, 0.5) is 0 Å². The van der Waals surface area contributed by atoms with Gasteiger partial charge in [-0.25, -0.2) is 0 Å². The van der Waals surface area contributed by atoms with Gasteiger partial charge in [-0.15, -0.1) is 0 Å². The summed E-state index contributed by atoms with van der Waals surface area (Å²) in [6.45, 7) is 2.15. The van der Waals surface area contributed by atoms with E-state index in [0.717, 1.165) is 29.3 Å². The van der Waals surface area contributed by atoms with Crippen molar-refractivity contribution in [2.24, 2.45) is 0 Å². The minimum Gasteiger partial charge on any atom is -0.289 e. The van der Waals surface area contributed by atoms with Crippen molar-refractivity contribution in [1.82, 2.24) is 0 Å². The van der Waals surface area contributed by atoms with E-state index in [4.69, 9.17) is 5.26 Å². The molecule has 3 heteroatoms. The Kier molecular flexibility index (Phi) is 5.30. The molecule has 0 fully saturated rings. The highest BCUT2D eigenvalue weighted by Gasteiger charge is 2.11. The van der Waals surface area contributed by atoms with Crippen molar-refractivity contribution in [2.75, 3.05) is 0 Å². The zero-order chi connectivity index (χ0) is 15.2. The number of unbranched alkanes of at least 4 members (excludes halogenated alkanes) is 1. The molecule has 2 nitrogen and oxygen atoms in total. The van der Waals surface area contributed by atoms with Crippen molar-refractivity contribution >= 4 is 21.7 Å². The first-order chi connectivity index (χ1) is 10.2. The van der Waals surface area contributed by atoms with E-state index in [-0.39, 0.29) is 5.78 Å². The zero-order valence-electron chi connectivity index (χ0n) is 11.9. The Morgan fingerprint density at radius 2 is 1.81 bits per heavy atom. The van der Waals surface area contributed by atoms with Crippen molar-refractivity contribution in [3.05, 3.63) is 69.2 Å². The fourth-order valence-electron chi connectivity index (χ4n) is 2.14. The standard InChI is InChI=1S/C18H16BrNO/c1-2-3-4-15-11-16(9-10-17(15)19)18(21)14-7-5-13(12-20)6-8-14/h5-11H,2-4H2,1H3. The summed E-state index contributed by atoms with van der Waals surface area (Å²) in [7, 11) is 0. The molecule has 2 aromatic carbocycles. The molecule has 0 saturated heterocycles. The number of hydrogen-bond donors (Lipinski definition) is 0. The van der Waals surface area contributed by atoms with Crippen molar-refractivity contribution in [3.8, 4) is 6.07 Å². The monoisotopic (exact) mass is 341 g/mol. The summed E-state index contributed by atoms with van der Waals surface area (Å²) in [6.07, 6.45) is 3.19. The summed E-state index contributed by atoms with van der Waals surface area (Å²) in [5.41, 5.74) is 3.02. The first-order valence-electron chi connectivity index (χ1n) is 6.99. The Balaban J connectivity index is 2.28. The van der Waals surface area contributed by atoms with E-state index in [1.54, 1.807) is 24.3 Å². The molecule has 0 aliphatic heterocycles. The number of carbonyl (C=O) groups excluding carboxylic acids is 1. The second-order valence-corrected chi connectivity index (χ2v) is 5.78. The lowest BCUT2D eigenvalue weighted by Gasteiger charge is -2.07. The van der Waals surface area contributed by atoms with Gasteiger partial charge in [0.25, 0.3) is 0 Å². The van der Waals surface area contributed by atoms with Gasteiger partial charge >= 0.3 is 0 Å². The summed E-state index contributed by atoms with van der Waals surface area (Å²) in [4.78, 5) is 12.5. The number of halogens is 1. The van der Waals surface area contributed by atoms with Gasteiger partial charge in [0.1, 0.15) is 0 Å². The Bertz CT molecular complexity index is 683. The Hall–Kier alpha value is -1.92. The lowest BCUT2D eigenvalue weighted by Crippen LogP contribution is -2.02. The maximum atomic E-state index is 12.5. The molecule has 0 N–H and O–H groups in total. The highest BCUT2D eigenvalue weighted by atomic mass is 79.9. The number of benzene rings is 2. The largest absolute Gasteiger partial charge is 0.289 e. The molecule has 0 heterocycles. The highest BCUT2D eigenvalue weighted by Crippen LogP contribution is 2.22. The Labute approximate surface area is 133 Å². The molecular weight excluding hydrogens is 326 g/mol. The zero-order valence-corrected chi connectivity index (χ0v) is 13.5. The second-order valence-electron chi connectivity index (χ2n) is 4.93. The third-order valence-corrected chi connectivity index (χ3v) is 4.16. The second kappa shape index (κ2) is 7.19. The van der Waals surface area contributed by atoms with Crippen LogP contribution in [0.3, 0.4) is 0 Å². The van der Waals surface area contributed by atoms with Gasteiger partial charge in [0.2, 0.25) is 0 Å². The van der Waals surface area contributed by atoms with E-state index in [2.05, 4.69) is 28.9 Å². The maximum absolute atomic E-state index is 12.5. The fourth-order valence-corrected chi connectivity index (χ4v) is 2.58. The molecule has 21 heavy (non-hydrogen) atoms. The minimum absolute atomic E-state index is 0.00950. The van der Waals surface area contributed by atoms with E-state index < -0.39 is 0 Å². The van der Waals surface area contributed by atoms with Crippen LogP contribution in [0, 0.1) is 11.3 Å². The molecule has 2 aromatic rings. The van der Waals surface area contributed by atoms with Gasteiger partial charge in [0.05, 0.1) is 11.6 Å². The summed E-state index contributed by atoms with van der Waals surface area (Å²) >= 11 is 3.54. The van der Waals surface area contributed by atoms with Gasteiger partial charge in [-0.1, -0.05) is 29.3 Å². The van der Waals surface area contributed by atoms with Crippen LogP contribution in [0.5, 0.6) is 0 Å². The lowest BCUT2D eigenvalue weighted by molar-refractivity contribution is 0.103. The molecule has 0 atom stereocenters. The van der Waals surface area contributed by atoms with Gasteiger partial charge in [-0.3, -0.25) is 4.79 Å². The summed E-state index contributed by atoms with van der Waals surface area (Å²) in [6, 6.07) is 14.5. The van der Waals surface area contributed by atoms with Crippen LogP contribution in [0.2, 0.25) is 0 Å². The van der Waals surface area contributed by atoms with Crippen molar-refractivity contribution in [3.63, 3.8) is 0 Å². The molecule has 0 aliphatic carbocycles. The molecule has 0 aliphatic rings. The van der Waals surface area contributed by atoms with E-state index in [1.807, 2.05) is 18.2 Å². The Morgan fingerprint density at radius 1 is 1.14 bits per heavy atom. The first kappa shape index (κ1) is 15.5. The van der Waals surface area contributed by atoms with Crippen LogP contribution in [0.15, 0.2) is 46.9 Å². The number of nitrogens with zero attached hydrogens (tertiary/aromatic N) is 1. The quantitative estimate of drug-likeness (QED) is 0.726. The van der Waals surface area contributed by atoms with Crippen LogP contribution in [0.1, 0.15) is 46.8 Å². The predicted octanol–water partition coefficient (Wildman–Crippen LogP) is 4.89. The Morgan fingerprint density at radius 3 is 2.43 bits per heavy atom. The fraction of sp³-hybridized carbons (Fsp3) is 0.222. The molecular formula is C18H16BrNO. The summed E-state index contributed by atoms with van der Waals surface area (Å²) in [5, 5.41) is 8.79. The molecule has 0 amide bonds. The van der Waals surface area contributed by atoms with Gasteiger partial charge in [0, 0.05) is 15.6 Å². The minimum atomic E-state index is -0.00950. The average Bonchev–Trinajstić information content (AvgIpc) is 2.53. The highest BCUT2D eigenvalue weighted by molar-refractivity contribution is 9.10. The summed E-state index contributed by atoms with van der Waals surface area (Å²) in [5.74, 6) is -0.00950. The molecule has 0 bridgehead atoms. The van der Waals surface area contributed by atoms with Crippen LogP contribution in [0.25, 0.3) is 0 Å². The van der Waals surface area contributed by atoms with Crippen molar-refractivity contribution in [1.29, 1.82) is 5.26 Å². The molecule has 0 radical (unpaired) electrons. The third kappa shape index (κ3) is 3.80. The predicted molar refractivity (Wildman–Crippen MR) is 87.3 cm³/mol. The van der Waals surface area contributed by atoms with Crippen LogP contribution in [-0.2, 0) is 6.42 Å². The van der Waals surface area contributed by atoms with E-state index in [0.29, 0.717) is 16.7 Å². The van der Waals surface area contributed by atoms with E-state index in [1.165, 1.54) is 0 Å². The maximum Gasteiger partial charge on any atom is 0.193 e. The molecule has 2 rings (SSSR count). The molecule has 106 valence electrons. The van der Waals surface area contributed by atoms with Gasteiger partial charge < -0.3 is 0 Å². The van der Waals surface area contributed by atoms with Crippen LogP contribution < -0.4 is 0 Å². The first-order valence-corrected chi connectivity index (χ1v) is 7.78.